The molecule has 1 aromatic heterocycles. The summed E-state index contributed by atoms with van der Waals surface area (Å²) in [6.07, 6.45) is 2.70. The van der Waals surface area contributed by atoms with Gasteiger partial charge >= 0.3 is 5.97 Å². The summed E-state index contributed by atoms with van der Waals surface area (Å²) in [5.74, 6) is -0.864. The molecule has 1 aromatic carbocycles. The first kappa shape index (κ1) is 18.2. The minimum atomic E-state index is -3.87. The normalized spacial score (nSPS) is 13.0. The van der Waals surface area contributed by atoms with Gasteiger partial charge in [0.15, 0.2) is 0 Å². The van der Waals surface area contributed by atoms with Crippen LogP contribution in [0.2, 0.25) is 0 Å². The Morgan fingerprint density at radius 2 is 1.96 bits per heavy atom. The van der Waals surface area contributed by atoms with E-state index in [4.69, 9.17) is 0 Å². The molecule has 0 aliphatic heterocycles. The molecule has 0 radical (unpaired) electrons. The zero-order valence-electron chi connectivity index (χ0n) is 13.8. The standard InChI is InChI=1S/C16H21N3O4S/c1-12(2)15(16(20)23-3)18-24(21,22)14-9-17-19(11-14)10-13-7-5-4-6-8-13/h4-9,11-12,15,18H,10H2,1-3H3/t15-/m1/s1. The van der Waals surface area contributed by atoms with Crippen LogP contribution in [0.15, 0.2) is 47.6 Å². The Morgan fingerprint density at radius 3 is 2.54 bits per heavy atom. The molecule has 0 bridgehead atoms. The zero-order valence-corrected chi connectivity index (χ0v) is 14.7. The van der Waals surface area contributed by atoms with Crippen molar-refractivity contribution >= 4 is 16.0 Å². The van der Waals surface area contributed by atoms with Crippen molar-refractivity contribution in [2.45, 2.75) is 31.3 Å². The largest absolute Gasteiger partial charge is 0.468 e. The third-order valence-corrected chi connectivity index (χ3v) is 4.91. The van der Waals surface area contributed by atoms with E-state index in [0.29, 0.717) is 6.54 Å². The average molecular weight is 351 g/mol. The Balaban J connectivity index is 2.16. The predicted octanol–water partition coefficient (Wildman–Crippen LogP) is 1.41. The summed E-state index contributed by atoms with van der Waals surface area (Å²) < 4.78 is 33.5. The highest BCUT2D eigenvalue weighted by Gasteiger charge is 2.29. The fourth-order valence-corrected chi connectivity index (χ4v) is 3.44. The average Bonchev–Trinajstić information content (AvgIpc) is 3.02. The van der Waals surface area contributed by atoms with Crippen molar-refractivity contribution in [2.24, 2.45) is 5.92 Å². The van der Waals surface area contributed by atoms with Crippen LogP contribution < -0.4 is 4.72 Å². The number of esters is 1. The van der Waals surface area contributed by atoms with Gasteiger partial charge in [-0.15, -0.1) is 0 Å². The smallest absolute Gasteiger partial charge is 0.324 e. The summed E-state index contributed by atoms with van der Waals surface area (Å²) in [4.78, 5) is 11.7. The van der Waals surface area contributed by atoms with Gasteiger partial charge in [-0.25, -0.2) is 8.42 Å². The van der Waals surface area contributed by atoms with Crippen LogP contribution in [0.1, 0.15) is 19.4 Å². The van der Waals surface area contributed by atoms with Gasteiger partial charge in [-0.05, 0) is 11.5 Å². The fraction of sp³-hybridized carbons (Fsp3) is 0.375. The van der Waals surface area contributed by atoms with Gasteiger partial charge in [0.05, 0.1) is 19.9 Å². The minimum Gasteiger partial charge on any atom is -0.468 e. The van der Waals surface area contributed by atoms with Gasteiger partial charge in [-0.3, -0.25) is 9.48 Å². The first-order chi connectivity index (χ1) is 11.3. The number of rotatable bonds is 7. The Kier molecular flexibility index (Phi) is 5.74. The van der Waals surface area contributed by atoms with Gasteiger partial charge in [0, 0.05) is 6.20 Å². The van der Waals surface area contributed by atoms with Crippen LogP contribution in [-0.2, 0) is 26.1 Å². The number of nitrogens with one attached hydrogen (secondary N) is 1. The maximum atomic E-state index is 12.5. The fourth-order valence-electron chi connectivity index (χ4n) is 2.16. The number of benzene rings is 1. The predicted molar refractivity (Wildman–Crippen MR) is 88.7 cm³/mol. The summed E-state index contributed by atoms with van der Waals surface area (Å²) in [6.45, 7) is 3.94. The molecule has 0 aliphatic rings. The molecule has 7 nitrogen and oxygen atoms in total. The van der Waals surface area contributed by atoms with Gasteiger partial charge < -0.3 is 4.74 Å². The summed E-state index contributed by atoms with van der Waals surface area (Å²) in [5.41, 5.74) is 1.01. The number of hydrogen-bond donors (Lipinski definition) is 1. The summed E-state index contributed by atoms with van der Waals surface area (Å²) in [7, 11) is -2.64. The molecule has 0 spiro atoms. The number of carbonyl (C=O) groups is 1. The zero-order chi connectivity index (χ0) is 17.7. The highest BCUT2D eigenvalue weighted by atomic mass is 32.2. The van der Waals surface area contributed by atoms with E-state index in [0.717, 1.165) is 5.56 Å². The highest BCUT2D eigenvalue weighted by Crippen LogP contribution is 2.13. The molecule has 1 heterocycles. The Morgan fingerprint density at radius 1 is 1.29 bits per heavy atom. The van der Waals surface area contributed by atoms with Crippen LogP contribution in [-0.4, -0.2) is 37.3 Å². The molecule has 1 atom stereocenters. The minimum absolute atomic E-state index is 0.00739. The lowest BCUT2D eigenvalue weighted by Gasteiger charge is -2.19. The van der Waals surface area contributed by atoms with Crippen LogP contribution in [0.3, 0.4) is 0 Å². The number of carbonyl (C=O) groups excluding carboxylic acids is 1. The first-order valence-electron chi connectivity index (χ1n) is 7.50. The molecule has 1 N–H and O–H groups in total. The molecule has 0 saturated heterocycles. The molecular formula is C16H21N3O4S. The number of methoxy groups -OCH3 is 1. The molecule has 130 valence electrons. The van der Waals surface area contributed by atoms with Crippen molar-refractivity contribution in [2.75, 3.05) is 7.11 Å². The van der Waals surface area contributed by atoms with Gasteiger partial charge in [-0.1, -0.05) is 44.2 Å². The van der Waals surface area contributed by atoms with E-state index < -0.39 is 22.0 Å². The third-order valence-electron chi connectivity index (χ3n) is 3.51. The number of nitrogens with zero attached hydrogens (tertiary/aromatic N) is 2. The third kappa shape index (κ3) is 4.42. The van der Waals surface area contributed by atoms with Crippen molar-refractivity contribution in [3.63, 3.8) is 0 Å². The van der Waals surface area contributed by atoms with E-state index in [1.807, 2.05) is 30.3 Å². The molecule has 2 rings (SSSR count). The van der Waals surface area contributed by atoms with E-state index in [1.54, 1.807) is 13.8 Å². The molecule has 0 fully saturated rings. The lowest BCUT2D eigenvalue weighted by Crippen LogP contribution is -2.44. The van der Waals surface area contributed by atoms with E-state index in [-0.39, 0.29) is 10.8 Å². The molecule has 0 amide bonds. The summed E-state index contributed by atoms with van der Waals surface area (Å²) >= 11 is 0. The Labute approximate surface area is 141 Å². The number of sulfonamides is 1. The molecule has 8 heteroatoms. The molecule has 0 unspecified atom stereocenters. The maximum absolute atomic E-state index is 12.5. The van der Waals surface area contributed by atoms with Crippen LogP contribution in [0.5, 0.6) is 0 Å². The van der Waals surface area contributed by atoms with Crippen LogP contribution >= 0.6 is 0 Å². The second-order valence-corrected chi connectivity index (χ2v) is 7.44. The van der Waals surface area contributed by atoms with E-state index in [1.165, 1.54) is 24.2 Å². The van der Waals surface area contributed by atoms with Gasteiger partial charge in [0.1, 0.15) is 10.9 Å². The molecule has 2 aromatic rings. The topological polar surface area (TPSA) is 90.3 Å². The van der Waals surface area contributed by atoms with E-state index in [2.05, 4.69) is 14.6 Å². The lowest BCUT2D eigenvalue weighted by molar-refractivity contribution is -0.143. The van der Waals surface area contributed by atoms with Crippen molar-refractivity contribution in [3.8, 4) is 0 Å². The monoisotopic (exact) mass is 351 g/mol. The summed E-state index contributed by atoms with van der Waals surface area (Å²) in [6, 6.07) is 8.63. The van der Waals surface area contributed by atoms with Crippen molar-refractivity contribution in [3.05, 3.63) is 48.3 Å². The van der Waals surface area contributed by atoms with Crippen LogP contribution in [0, 0.1) is 5.92 Å². The number of ether oxygens (including phenoxy) is 1. The van der Waals surface area contributed by atoms with Crippen LogP contribution in [0.25, 0.3) is 0 Å². The van der Waals surface area contributed by atoms with E-state index >= 15 is 0 Å². The Bertz CT molecular complexity index is 785. The van der Waals surface area contributed by atoms with Crippen molar-refractivity contribution in [1.29, 1.82) is 0 Å². The van der Waals surface area contributed by atoms with Gasteiger partial charge in [-0.2, -0.15) is 9.82 Å². The highest BCUT2D eigenvalue weighted by molar-refractivity contribution is 7.89. The number of hydrogen-bond acceptors (Lipinski definition) is 5. The van der Waals surface area contributed by atoms with E-state index in [9.17, 15) is 13.2 Å². The lowest BCUT2D eigenvalue weighted by atomic mass is 10.1. The molecule has 0 saturated carbocycles. The second-order valence-electron chi connectivity index (χ2n) is 5.73. The first-order valence-corrected chi connectivity index (χ1v) is 8.98. The Hall–Kier alpha value is -2.19. The second kappa shape index (κ2) is 7.59. The maximum Gasteiger partial charge on any atom is 0.324 e. The molecule has 24 heavy (non-hydrogen) atoms. The number of aromatic nitrogens is 2. The van der Waals surface area contributed by atoms with Gasteiger partial charge in [0.2, 0.25) is 10.0 Å². The van der Waals surface area contributed by atoms with Crippen molar-refractivity contribution < 1.29 is 17.9 Å². The van der Waals surface area contributed by atoms with Gasteiger partial charge in [0.25, 0.3) is 0 Å². The summed E-state index contributed by atoms with van der Waals surface area (Å²) in [5, 5.41) is 4.08. The SMILES string of the molecule is COC(=O)[C@H](NS(=O)(=O)c1cnn(Cc2ccccc2)c1)C(C)C. The van der Waals surface area contributed by atoms with Crippen LogP contribution in [0.4, 0.5) is 0 Å². The quantitative estimate of drug-likeness (QED) is 0.762. The van der Waals surface area contributed by atoms with Crippen molar-refractivity contribution in [1.82, 2.24) is 14.5 Å². The molecule has 0 aliphatic carbocycles. The molecular weight excluding hydrogens is 330 g/mol.